The summed E-state index contributed by atoms with van der Waals surface area (Å²) in [6.07, 6.45) is 3.92. The Balaban J connectivity index is 2.31. The molecule has 2 heterocycles. The van der Waals surface area contributed by atoms with Crippen LogP contribution in [0.3, 0.4) is 0 Å². The van der Waals surface area contributed by atoms with Gasteiger partial charge in [-0.25, -0.2) is 0 Å². The first kappa shape index (κ1) is 11.7. The van der Waals surface area contributed by atoms with Crippen LogP contribution in [0.5, 0.6) is 0 Å². The SMILES string of the molecule is CCNc1c(Cn2cc(C)cn2)c(C)nn1C. The highest BCUT2D eigenvalue weighted by molar-refractivity contribution is 5.47. The largest absolute Gasteiger partial charge is 0.370 e. The summed E-state index contributed by atoms with van der Waals surface area (Å²) in [4.78, 5) is 0. The predicted octanol–water partition coefficient (Wildman–Crippen LogP) is 1.71. The van der Waals surface area contributed by atoms with Crippen molar-refractivity contribution < 1.29 is 0 Å². The van der Waals surface area contributed by atoms with Crippen molar-refractivity contribution in [2.24, 2.45) is 7.05 Å². The molecule has 5 heteroatoms. The summed E-state index contributed by atoms with van der Waals surface area (Å²) in [6.45, 7) is 7.82. The smallest absolute Gasteiger partial charge is 0.129 e. The van der Waals surface area contributed by atoms with E-state index in [-0.39, 0.29) is 0 Å². The van der Waals surface area contributed by atoms with Gasteiger partial charge in [0.25, 0.3) is 0 Å². The molecule has 0 aliphatic heterocycles. The molecule has 2 aromatic heterocycles. The van der Waals surface area contributed by atoms with E-state index in [1.54, 1.807) is 0 Å². The number of aromatic nitrogens is 4. The van der Waals surface area contributed by atoms with E-state index in [9.17, 15) is 0 Å². The van der Waals surface area contributed by atoms with Crippen molar-refractivity contribution in [1.29, 1.82) is 0 Å². The summed E-state index contributed by atoms with van der Waals surface area (Å²) in [6, 6.07) is 0. The minimum Gasteiger partial charge on any atom is -0.370 e. The standard InChI is InChI=1S/C12H19N5/c1-5-13-12-11(10(3)15-16(12)4)8-17-7-9(2)6-14-17/h6-7,13H,5,8H2,1-4H3. The second kappa shape index (κ2) is 4.61. The molecule has 0 unspecified atom stereocenters. The third-order valence-electron chi connectivity index (χ3n) is 2.77. The molecule has 0 atom stereocenters. The summed E-state index contributed by atoms with van der Waals surface area (Å²) < 4.78 is 3.84. The van der Waals surface area contributed by atoms with Gasteiger partial charge in [-0.1, -0.05) is 0 Å². The van der Waals surface area contributed by atoms with E-state index in [0.717, 1.165) is 24.6 Å². The van der Waals surface area contributed by atoms with Crippen molar-refractivity contribution in [2.75, 3.05) is 11.9 Å². The lowest BCUT2D eigenvalue weighted by atomic mass is 10.2. The van der Waals surface area contributed by atoms with Crippen LogP contribution >= 0.6 is 0 Å². The van der Waals surface area contributed by atoms with Crippen molar-refractivity contribution >= 4 is 5.82 Å². The Morgan fingerprint density at radius 2 is 2.12 bits per heavy atom. The predicted molar refractivity (Wildman–Crippen MR) is 68.2 cm³/mol. The molecule has 0 saturated carbocycles. The molecule has 0 bridgehead atoms. The van der Waals surface area contributed by atoms with Crippen molar-refractivity contribution in [1.82, 2.24) is 19.6 Å². The lowest BCUT2D eigenvalue weighted by Crippen LogP contribution is -2.08. The number of anilines is 1. The Labute approximate surface area is 101 Å². The summed E-state index contributed by atoms with van der Waals surface area (Å²) in [5, 5.41) is 12.1. The van der Waals surface area contributed by atoms with Gasteiger partial charge in [0.05, 0.1) is 18.4 Å². The van der Waals surface area contributed by atoms with E-state index in [1.807, 2.05) is 42.7 Å². The number of nitrogens with one attached hydrogen (secondary N) is 1. The number of hydrogen-bond donors (Lipinski definition) is 1. The fourth-order valence-electron chi connectivity index (χ4n) is 2.00. The van der Waals surface area contributed by atoms with Crippen LogP contribution < -0.4 is 5.32 Å². The quantitative estimate of drug-likeness (QED) is 0.874. The number of hydrogen-bond acceptors (Lipinski definition) is 3. The molecule has 1 N–H and O–H groups in total. The molecule has 0 saturated heterocycles. The van der Waals surface area contributed by atoms with E-state index in [4.69, 9.17) is 0 Å². The highest BCUT2D eigenvalue weighted by Crippen LogP contribution is 2.19. The summed E-state index contributed by atoms with van der Waals surface area (Å²) in [5.41, 5.74) is 3.44. The number of aryl methyl sites for hydroxylation is 3. The molecule has 0 aromatic carbocycles. The summed E-state index contributed by atoms with van der Waals surface area (Å²) in [5.74, 6) is 1.08. The highest BCUT2D eigenvalue weighted by atomic mass is 15.3. The molecule has 0 aliphatic carbocycles. The Kier molecular flexibility index (Phi) is 3.17. The van der Waals surface area contributed by atoms with Crippen molar-refractivity contribution in [3.63, 3.8) is 0 Å². The first-order chi connectivity index (χ1) is 8.11. The van der Waals surface area contributed by atoms with E-state index < -0.39 is 0 Å². The molecule has 0 spiro atoms. The maximum absolute atomic E-state index is 4.45. The number of rotatable bonds is 4. The van der Waals surface area contributed by atoms with E-state index >= 15 is 0 Å². The monoisotopic (exact) mass is 233 g/mol. The number of nitrogens with zero attached hydrogens (tertiary/aromatic N) is 4. The van der Waals surface area contributed by atoms with Gasteiger partial charge in [-0.3, -0.25) is 9.36 Å². The van der Waals surface area contributed by atoms with Gasteiger partial charge in [0, 0.05) is 25.4 Å². The van der Waals surface area contributed by atoms with E-state index in [2.05, 4.69) is 22.4 Å². The van der Waals surface area contributed by atoms with Gasteiger partial charge in [-0.15, -0.1) is 0 Å². The lowest BCUT2D eigenvalue weighted by molar-refractivity contribution is 0.684. The van der Waals surface area contributed by atoms with Gasteiger partial charge >= 0.3 is 0 Å². The van der Waals surface area contributed by atoms with Crippen LogP contribution in [-0.2, 0) is 13.6 Å². The van der Waals surface area contributed by atoms with Crippen molar-refractivity contribution in [3.8, 4) is 0 Å². The zero-order valence-electron chi connectivity index (χ0n) is 10.9. The summed E-state index contributed by atoms with van der Waals surface area (Å²) in [7, 11) is 1.96. The Bertz CT molecular complexity index is 509. The highest BCUT2D eigenvalue weighted by Gasteiger charge is 2.13. The second-order valence-electron chi connectivity index (χ2n) is 4.28. The normalized spacial score (nSPS) is 10.8. The van der Waals surface area contributed by atoms with Crippen LogP contribution in [0.2, 0.25) is 0 Å². The van der Waals surface area contributed by atoms with Gasteiger partial charge < -0.3 is 5.32 Å². The molecule has 2 aromatic rings. The van der Waals surface area contributed by atoms with Gasteiger partial charge in [0.2, 0.25) is 0 Å². The zero-order valence-corrected chi connectivity index (χ0v) is 10.9. The molecule has 17 heavy (non-hydrogen) atoms. The van der Waals surface area contributed by atoms with Crippen LogP contribution in [0.25, 0.3) is 0 Å². The minimum absolute atomic E-state index is 0.760. The van der Waals surface area contributed by atoms with Crippen LogP contribution in [0.1, 0.15) is 23.7 Å². The molecule has 0 amide bonds. The first-order valence-electron chi connectivity index (χ1n) is 5.87. The Hall–Kier alpha value is -1.78. The fraction of sp³-hybridized carbons (Fsp3) is 0.500. The Morgan fingerprint density at radius 3 is 2.71 bits per heavy atom. The van der Waals surface area contributed by atoms with Crippen molar-refractivity contribution in [3.05, 3.63) is 29.2 Å². The maximum Gasteiger partial charge on any atom is 0.129 e. The second-order valence-corrected chi connectivity index (χ2v) is 4.28. The molecule has 5 nitrogen and oxygen atoms in total. The topological polar surface area (TPSA) is 47.7 Å². The van der Waals surface area contributed by atoms with Crippen molar-refractivity contribution in [2.45, 2.75) is 27.3 Å². The average Bonchev–Trinajstić information content (AvgIpc) is 2.78. The van der Waals surface area contributed by atoms with Crippen LogP contribution in [0.4, 0.5) is 5.82 Å². The molecule has 0 fully saturated rings. The maximum atomic E-state index is 4.45. The van der Waals surface area contributed by atoms with Crippen LogP contribution in [0, 0.1) is 13.8 Å². The van der Waals surface area contributed by atoms with Gasteiger partial charge in [0.1, 0.15) is 5.82 Å². The lowest BCUT2D eigenvalue weighted by Gasteiger charge is -2.07. The molecule has 0 radical (unpaired) electrons. The van der Waals surface area contributed by atoms with Gasteiger partial charge in [-0.2, -0.15) is 10.2 Å². The fourth-order valence-corrected chi connectivity index (χ4v) is 2.00. The summed E-state index contributed by atoms with van der Waals surface area (Å²) >= 11 is 0. The van der Waals surface area contributed by atoms with Gasteiger partial charge in [-0.05, 0) is 26.3 Å². The molecular formula is C12H19N5. The van der Waals surface area contributed by atoms with Crippen LogP contribution in [0.15, 0.2) is 12.4 Å². The molecule has 0 aliphatic rings. The van der Waals surface area contributed by atoms with Gasteiger partial charge in [0.15, 0.2) is 0 Å². The third kappa shape index (κ3) is 2.33. The molecular weight excluding hydrogens is 214 g/mol. The van der Waals surface area contributed by atoms with E-state index in [1.165, 1.54) is 11.1 Å². The minimum atomic E-state index is 0.760. The molecule has 92 valence electrons. The average molecular weight is 233 g/mol. The van der Waals surface area contributed by atoms with E-state index in [0.29, 0.717) is 0 Å². The Morgan fingerprint density at radius 1 is 1.35 bits per heavy atom. The van der Waals surface area contributed by atoms with Crippen LogP contribution in [-0.4, -0.2) is 26.1 Å². The molecule has 2 rings (SSSR count). The zero-order chi connectivity index (χ0) is 12.4. The third-order valence-corrected chi connectivity index (χ3v) is 2.77. The first-order valence-corrected chi connectivity index (χ1v) is 5.87.